The fourth-order valence-electron chi connectivity index (χ4n) is 4.65. The van der Waals surface area contributed by atoms with Crippen LogP contribution < -0.4 is 10.2 Å². The Morgan fingerprint density at radius 2 is 2.25 bits per heavy atom. The van der Waals surface area contributed by atoms with Gasteiger partial charge in [-0.3, -0.25) is 14.5 Å². The third-order valence-corrected chi connectivity index (χ3v) is 6.72. The Morgan fingerprint density at radius 3 is 3.00 bits per heavy atom. The van der Waals surface area contributed by atoms with Gasteiger partial charge >= 0.3 is 0 Å². The summed E-state index contributed by atoms with van der Waals surface area (Å²) in [5.74, 6) is 1.38. The van der Waals surface area contributed by atoms with Crippen LogP contribution in [0.25, 0.3) is 0 Å². The molecule has 130 valence electrons. The highest BCUT2D eigenvalue weighted by Gasteiger charge is 2.47. The van der Waals surface area contributed by atoms with E-state index in [9.17, 15) is 14.7 Å². The quantitative estimate of drug-likeness (QED) is 0.840. The molecule has 0 aromatic carbocycles. The van der Waals surface area contributed by atoms with Gasteiger partial charge in [0, 0.05) is 36.9 Å². The second kappa shape index (κ2) is 6.44. The molecule has 3 fully saturated rings. The second-order valence-corrected chi connectivity index (χ2v) is 8.06. The molecule has 0 spiro atoms. The maximum Gasteiger partial charge on any atom is 0.228 e. The Morgan fingerprint density at radius 1 is 1.42 bits per heavy atom. The molecule has 1 saturated heterocycles. The lowest BCUT2D eigenvalue weighted by atomic mass is 9.85. The number of rotatable bonds is 5. The zero-order valence-electron chi connectivity index (χ0n) is 13.6. The molecule has 2 N–H and O–H groups in total. The fraction of sp³-hybridized carbons (Fsp3) is 0.706. The molecule has 2 heterocycles. The molecule has 4 rings (SSSR count). The number of aromatic nitrogens is 1. The zero-order valence-corrected chi connectivity index (χ0v) is 14.4. The molecule has 0 radical (unpaired) electrons. The van der Waals surface area contributed by atoms with Gasteiger partial charge in [-0.25, -0.2) is 4.98 Å². The van der Waals surface area contributed by atoms with E-state index in [0.717, 1.165) is 31.5 Å². The van der Waals surface area contributed by atoms with E-state index in [-0.39, 0.29) is 36.8 Å². The van der Waals surface area contributed by atoms with Crippen LogP contribution in [0, 0.1) is 17.8 Å². The predicted octanol–water partition coefficient (Wildman–Crippen LogP) is 1.34. The molecule has 2 aliphatic carbocycles. The molecule has 2 bridgehead atoms. The topological polar surface area (TPSA) is 82.5 Å². The number of amides is 2. The van der Waals surface area contributed by atoms with E-state index in [4.69, 9.17) is 0 Å². The summed E-state index contributed by atoms with van der Waals surface area (Å²) >= 11 is 1.43. The zero-order chi connectivity index (χ0) is 16.7. The largest absolute Gasteiger partial charge is 0.396 e. The second-order valence-electron chi connectivity index (χ2n) is 7.22. The summed E-state index contributed by atoms with van der Waals surface area (Å²) in [6.45, 7) is 0.880. The highest BCUT2D eigenvalue weighted by molar-refractivity contribution is 7.14. The third-order valence-electron chi connectivity index (χ3n) is 5.81. The molecule has 6 nitrogen and oxygen atoms in total. The van der Waals surface area contributed by atoms with Crippen LogP contribution >= 0.6 is 11.3 Å². The Kier molecular flexibility index (Phi) is 4.30. The molecule has 1 aromatic heterocycles. The monoisotopic (exact) mass is 349 g/mol. The minimum atomic E-state index is -0.0319. The molecule has 7 heteroatoms. The van der Waals surface area contributed by atoms with Crippen molar-refractivity contribution in [2.24, 2.45) is 17.8 Å². The molecule has 2 amide bonds. The number of aliphatic hydroxyl groups is 1. The number of fused-ring (bicyclic) bond motifs is 2. The van der Waals surface area contributed by atoms with Crippen molar-refractivity contribution < 1.29 is 14.7 Å². The minimum Gasteiger partial charge on any atom is -0.396 e. The number of nitrogens with one attached hydrogen (secondary N) is 1. The van der Waals surface area contributed by atoms with Gasteiger partial charge in [-0.1, -0.05) is 0 Å². The van der Waals surface area contributed by atoms with E-state index in [1.807, 2.05) is 5.38 Å². The lowest BCUT2D eigenvalue weighted by Crippen LogP contribution is -2.45. The smallest absolute Gasteiger partial charge is 0.228 e. The standard InChI is InChI=1S/C17H23N3O3S/c21-8-13-10-3-4-11(6-10)16(13)19-14(22)7-12-9-24-17(18-12)20-5-1-2-15(20)23/h9-11,13,16,21H,1-8H2,(H,19,22). The van der Waals surface area contributed by atoms with Crippen LogP contribution in [0.15, 0.2) is 5.38 Å². The van der Waals surface area contributed by atoms with Crippen molar-refractivity contribution in [1.29, 1.82) is 0 Å². The van der Waals surface area contributed by atoms with Crippen LogP contribution in [0.4, 0.5) is 5.13 Å². The normalized spacial score (nSPS) is 31.9. The maximum atomic E-state index is 12.4. The number of nitrogens with zero attached hydrogens (tertiary/aromatic N) is 2. The van der Waals surface area contributed by atoms with E-state index in [0.29, 0.717) is 23.4 Å². The van der Waals surface area contributed by atoms with E-state index >= 15 is 0 Å². The molecule has 2 saturated carbocycles. The molecular weight excluding hydrogens is 326 g/mol. The summed E-state index contributed by atoms with van der Waals surface area (Å²) < 4.78 is 0. The Labute approximate surface area is 145 Å². The number of anilines is 1. The summed E-state index contributed by atoms with van der Waals surface area (Å²) in [7, 11) is 0. The highest BCUT2D eigenvalue weighted by Crippen LogP contribution is 2.48. The van der Waals surface area contributed by atoms with Crippen LogP contribution in [0.2, 0.25) is 0 Å². The molecule has 1 aromatic rings. The van der Waals surface area contributed by atoms with Crippen LogP contribution in [0.5, 0.6) is 0 Å². The lowest BCUT2D eigenvalue weighted by molar-refractivity contribution is -0.122. The Balaban J connectivity index is 1.36. The first-order valence-electron chi connectivity index (χ1n) is 8.80. The first-order valence-corrected chi connectivity index (χ1v) is 9.68. The van der Waals surface area contributed by atoms with Crippen molar-refractivity contribution in [3.63, 3.8) is 0 Å². The van der Waals surface area contributed by atoms with E-state index < -0.39 is 0 Å². The number of hydrogen-bond donors (Lipinski definition) is 2. The lowest BCUT2D eigenvalue weighted by Gasteiger charge is -2.30. The summed E-state index contributed by atoms with van der Waals surface area (Å²) in [6, 6.07) is 0.111. The van der Waals surface area contributed by atoms with Crippen LogP contribution in [0.3, 0.4) is 0 Å². The summed E-state index contributed by atoms with van der Waals surface area (Å²) in [4.78, 5) is 30.3. The predicted molar refractivity (Wildman–Crippen MR) is 90.7 cm³/mol. The van der Waals surface area contributed by atoms with Gasteiger partial charge in [0.1, 0.15) is 0 Å². The Hall–Kier alpha value is -1.47. The van der Waals surface area contributed by atoms with Gasteiger partial charge in [-0.15, -0.1) is 11.3 Å². The maximum absolute atomic E-state index is 12.4. The Bertz CT molecular complexity index is 647. The first-order chi connectivity index (χ1) is 11.7. The number of aliphatic hydroxyl groups excluding tert-OH is 1. The van der Waals surface area contributed by atoms with Gasteiger partial charge in [0.15, 0.2) is 5.13 Å². The van der Waals surface area contributed by atoms with Crippen molar-refractivity contribution in [3.8, 4) is 0 Å². The minimum absolute atomic E-state index is 0.0319. The van der Waals surface area contributed by atoms with Gasteiger partial charge < -0.3 is 10.4 Å². The van der Waals surface area contributed by atoms with Crippen molar-refractivity contribution in [3.05, 3.63) is 11.1 Å². The molecular formula is C17H23N3O3S. The summed E-state index contributed by atoms with van der Waals surface area (Å²) in [5, 5.41) is 15.3. The third kappa shape index (κ3) is 2.84. The van der Waals surface area contributed by atoms with Gasteiger partial charge in [0.25, 0.3) is 0 Å². The molecule has 4 unspecified atom stereocenters. The van der Waals surface area contributed by atoms with Gasteiger partial charge in [0.2, 0.25) is 11.8 Å². The number of hydrogen-bond acceptors (Lipinski definition) is 5. The fourth-order valence-corrected chi connectivity index (χ4v) is 5.52. The summed E-state index contributed by atoms with van der Waals surface area (Å²) in [5.41, 5.74) is 0.718. The average molecular weight is 349 g/mol. The van der Waals surface area contributed by atoms with Gasteiger partial charge in [-0.05, 0) is 37.5 Å². The van der Waals surface area contributed by atoms with E-state index in [1.165, 1.54) is 17.8 Å². The number of carbonyl (C=O) groups is 2. The van der Waals surface area contributed by atoms with Crippen molar-refractivity contribution in [2.45, 2.75) is 44.6 Å². The number of thiazole rings is 1. The van der Waals surface area contributed by atoms with E-state index in [1.54, 1.807) is 4.90 Å². The summed E-state index contributed by atoms with van der Waals surface area (Å²) in [6.07, 6.45) is 5.17. The SMILES string of the molecule is O=C(Cc1csc(N2CCCC2=O)n1)NC1C2CCC(C2)C1CO. The molecule has 4 atom stereocenters. The highest BCUT2D eigenvalue weighted by atomic mass is 32.1. The molecule has 1 aliphatic heterocycles. The molecule has 24 heavy (non-hydrogen) atoms. The van der Waals surface area contributed by atoms with Crippen molar-refractivity contribution in [1.82, 2.24) is 10.3 Å². The van der Waals surface area contributed by atoms with Crippen molar-refractivity contribution >= 4 is 28.3 Å². The number of carbonyl (C=O) groups excluding carboxylic acids is 2. The van der Waals surface area contributed by atoms with Gasteiger partial charge in [-0.2, -0.15) is 0 Å². The molecule has 3 aliphatic rings. The average Bonchev–Trinajstić information content (AvgIpc) is 3.31. The van der Waals surface area contributed by atoms with Crippen molar-refractivity contribution in [2.75, 3.05) is 18.1 Å². The van der Waals surface area contributed by atoms with Crippen LogP contribution in [-0.2, 0) is 16.0 Å². The van der Waals surface area contributed by atoms with Crippen LogP contribution in [-0.4, -0.2) is 41.1 Å². The van der Waals surface area contributed by atoms with E-state index in [2.05, 4.69) is 10.3 Å². The first kappa shape index (κ1) is 16.0. The van der Waals surface area contributed by atoms with Gasteiger partial charge in [0.05, 0.1) is 12.1 Å². The van der Waals surface area contributed by atoms with Crippen LogP contribution in [0.1, 0.15) is 37.8 Å².